The molecule has 0 aliphatic carbocycles. The number of anilines is 1. The van der Waals surface area contributed by atoms with Crippen LogP contribution >= 0.6 is 11.3 Å². The Bertz CT molecular complexity index is 852. The highest BCUT2D eigenvalue weighted by atomic mass is 32.2. The summed E-state index contributed by atoms with van der Waals surface area (Å²) in [5, 5.41) is 3.26. The lowest BCUT2D eigenvalue weighted by Crippen LogP contribution is -2.10. The molecular weight excluding hydrogens is 292 g/mol. The number of sulfonamides is 1. The number of nitrogens with one attached hydrogen (secondary N) is 1. The Morgan fingerprint density at radius 1 is 1.15 bits per heavy atom. The number of thiophene rings is 1. The zero-order valence-electron chi connectivity index (χ0n) is 10.7. The van der Waals surface area contributed by atoms with E-state index in [9.17, 15) is 8.42 Å². The van der Waals surface area contributed by atoms with Gasteiger partial charge in [-0.2, -0.15) is 0 Å². The minimum Gasteiger partial charge on any atom is -0.268 e. The highest BCUT2D eigenvalue weighted by molar-refractivity contribution is 7.92. The number of pyridine rings is 1. The Labute approximate surface area is 121 Å². The highest BCUT2D eigenvalue weighted by Crippen LogP contribution is 2.32. The van der Waals surface area contributed by atoms with E-state index in [4.69, 9.17) is 0 Å². The van der Waals surface area contributed by atoms with Gasteiger partial charge in [0.1, 0.15) is 5.82 Å². The van der Waals surface area contributed by atoms with Crippen LogP contribution in [0.15, 0.2) is 48.0 Å². The minimum atomic E-state index is -3.29. The summed E-state index contributed by atoms with van der Waals surface area (Å²) in [7, 11) is -3.29. The van der Waals surface area contributed by atoms with E-state index in [2.05, 4.69) is 27.2 Å². The summed E-state index contributed by atoms with van der Waals surface area (Å²) in [6.45, 7) is 0. The van der Waals surface area contributed by atoms with Crippen LogP contribution in [0.3, 0.4) is 0 Å². The van der Waals surface area contributed by atoms with Crippen molar-refractivity contribution in [3.63, 3.8) is 0 Å². The Kier molecular flexibility index (Phi) is 3.19. The molecule has 2 aromatic heterocycles. The number of rotatable bonds is 3. The average molecular weight is 304 g/mol. The topological polar surface area (TPSA) is 59.1 Å². The summed E-state index contributed by atoms with van der Waals surface area (Å²) in [6, 6.07) is 11.7. The molecule has 102 valence electrons. The first kappa shape index (κ1) is 13.1. The molecule has 0 saturated heterocycles. The normalized spacial score (nSPS) is 11.7. The molecule has 0 bridgehead atoms. The summed E-state index contributed by atoms with van der Waals surface area (Å²) in [5.74, 6) is 0.328. The van der Waals surface area contributed by atoms with Crippen molar-refractivity contribution in [1.29, 1.82) is 0 Å². The maximum absolute atomic E-state index is 11.1. The molecule has 0 aliphatic rings. The van der Waals surface area contributed by atoms with Gasteiger partial charge < -0.3 is 0 Å². The van der Waals surface area contributed by atoms with Crippen LogP contribution in [0.2, 0.25) is 0 Å². The predicted molar refractivity (Wildman–Crippen MR) is 83.5 cm³/mol. The fraction of sp³-hybridized carbons (Fsp3) is 0.0714. The van der Waals surface area contributed by atoms with E-state index in [0.29, 0.717) is 5.82 Å². The van der Waals surface area contributed by atoms with E-state index >= 15 is 0 Å². The molecule has 4 nitrogen and oxygen atoms in total. The van der Waals surface area contributed by atoms with Gasteiger partial charge in [0, 0.05) is 22.0 Å². The van der Waals surface area contributed by atoms with Gasteiger partial charge in [0.15, 0.2) is 0 Å². The first-order valence-electron chi connectivity index (χ1n) is 5.93. The molecule has 0 fully saturated rings. The number of aromatic nitrogens is 1. The van der Waals surface area contributed by atoms with Gasteiger partial charge in [-0.1, -0.05) is 18.2 Å². The van der Waals surface area contributed by atoms with Crippen LogP contribution in [0.4, 0.5) is 5.82 Å². The Morgan fingerprint density at radius 3 is 2.70 bits per heavy atom. The second-order valence-corrected chi connectivity index (χ2v) is 7.12. The van der Waals surface area contributed by atoms with E-state index in [1.54, 1.807) is 23.6 Å². The van der Waals surface area contributed by atoms with Crippen molar-refractivity contribution >= 4 is 37.3 Å². The molecule has 1 aromatic carbocycles. The zero-order valence-corrected chi connectivity index (χ0v) is 12.3. The fourth-order valence-electron chi connectivity index (χ4n) is 2.02. The first-order valence-corrected chi connectivity index (χ1v) is 8.70. The standard InChI is InChI=1S/C14H12N2O2S2/c1-20(17,18)16-13-6-5-11(9-15-13)12-4-2-3-10-7-8-19-14(10)12/h2-9H,1H3,(H,15,16). The van der Waals surface area contributed by atoms with E-state index in [1.165, 1.54) is 10.1 Å². The lowest BCUT2D eigenvalue weighted by molar-refractivity contribution is 0.606. The summed E-state index contributed by atoms with van der Waals surface area (Å²) >= 11 is 1.68. The largest absolute Gasteiger partial charge is 0.268 e. The van der Waals surface area contributed by atoms with Gasteiger partial charge in [-0.05, 0) is 29.0 Å². The lowest BCUT2D eigenvalue weighted by atomic mass is 10.1. The van der Waals surface area contributed by atoms with Gasteiger partial charge in [-0.15, -0.1) is 11.3 Å². The molecule has 2 heterocycles. The Morgan fingerprint density at radius 2 is 2.00 bits per heavy atom. The third kappa shape index (κ3) is 2.66. The molecule has 0 amide bonds. The van der Waals surface area contributed by atoms with Crippen LogP contribution in [0, 0.1) is 0 Å². The second-order valence-electron chi connectivity index (χ2n) is 4.45. The van der Waals surface area contributed by atoms with Crippen LogP contribution in [0.1, 0.15) is 0 Å². The molecule has 0 aliphatic heterocycles. The van der Waals surface area contributed by atoms with Crippen molar-refractivity contribution in [2.24, 2.45) is 0 Å². The molecule has 0 unspecified atom stereocenters. The molecule has 6 heteroatoms. The van der Waals surface area contributed by atoms with Gasteiger partial charge in [0.2, 0.25) is 10.0 Å². The molecule has 0 spiro atoms. The molecule has 1 N–H and O–H groups in total. The lowest BCUT2D eigenvalue weighted by Gasteiger charge is -2.06. The van der Waals surface area contributed by atoms with Gasteiger partial charge in [-0.3, -0.25) is 4.72 Å². The summed E-state index contributed by atoms with van der Waals surface area (Å²) < 4.78 is 25.9. The second kappa shape index (κ2) is 4.88. The van der Waals surface area contributed by atoms with E-state index in [0.717, 1.165) is 17.4 Å². The minimum absolute atomic E-state index is 0.328. The zero-order chi connectivity index (χ0) is 14.2. The number of hydrogen-bond acceptors (Lipinski definition) is 4. The predicted octanol–water partition coefficient (Wildman–Crippen LogP) is 3.33. The van der Waals surface area contributed by atoms with Gasteiger partial charge in [-0.25, -0.2) is 13.4 Å². The van der Waals surface area contributed by atoms with Crippen LogP contribution in [-0.4, -0.2) is 19.7 Å². The molecule has 3 aromatic rings. The molecule has 3 rings (SSSR count). The van der Waals surface area contributed by atoms with E-state index in [1.807, 2.05) is 18.2 Å². The summed E-state index contributed by atoms with van der Waals surface area (Å²) in [4.78, 5) is 4.15. The van der Waals surface area contributed by atoms with Crippen molar-refractivity contribution < 1.29 is 8.42 Å². The fourth-order valence-corrected chi connectivity index (χ4v) is 3.46. The Balaban J connectivity index is 2.01. The molecular formula is C14H12N2O2S2. The van der Waals surface area contributed by atoms with Crippen LogP contribution < -0.4 is 4.72 Å². The molecule has 0 radical (unpaired) electrons. The van der Waals surface area contributed by atoms with Gasteiger partial charge in [0.25, 0.3) is 0 Å². The number of fused-ring (bicyclic) bond motifs is 1. The smallest absolute Gasteiger partial charge is 0.230 e. The molecule has 0 atom stereocenters. The van der Waals surface area contributed by atoms with Crippen molar-refractivity contribution in [2.45, 2.75) is 0 Å². The Hall–Kier alpha value is -1.92. The van der Waals surface area contributed by atoms with E-state index in [-0.39, 0.29) is 0 Å². The van der Waals surface area contributed by atoms with E-state index < -0.39 is 10.0 Å². The quantitative estimate of drug-likeness (QED) is 0.807. The maximum atomic E-state index is 11.1. The van der Waals surface area contributed by atoms with Crippen LogP contribution in [-0.2, 0) is 10.0 Å². The van der Waals surface area contributed by atoms with Gasteiger partial charge >= 0.3 is 0 Å². The SMILES string of the molecule is CS(=O)(=O)Nc1ccc(-c2cccc3ccsc23)cn1. The monoisotopic (exact) mass is 304 g/mol. The first-order chi connectivity index (χ1) is 9.53. The number of hydrogen-bond donors (Lipinski definition) is 1. The highest BCUT2D eigenvalue weighted by Gasteiger charge is 2.07. The van der Waals surface area contributed by atoms with Crippen LogP contribution in [0.25, 0.3) is 21.2 Å². The van der Waals surface area contributed by atoms with Crippen LogP contribution in [0.5, 0.6) is 0 Å². The third-order valence-electron chi connectivity index (χ3n) is 2.84. The number of benzene rings is 1. The third-order valence-corrected chi connectivity index (χ3v) is 4.39. The molecule has 20 heavy (non-hydrogen) atoms. The average Bonchev–Trinajstić information content (AvgIpc) is 2.86. The molecule has 0 saturated carbocycles. The number of nitrogens with zero attached hydrogens (tertiary/aromatic N) is 1. The summed E-state index contributed by atoms with van der Waals surface area (Å²) in [5.41, 5.74) is 2.08. The summed E-state index contributed by atoms with van der Waals surface area (Å²) in [6.07, 6.45) is 2.79. The van der Waals surface area contributed by atoms with Gasteiger partial charge in [0.05, 0.1) is 6.26 Å². The van der Waals surface area contributed by atoms with Crippen molar-refractivity contribution in [3.8, 4) is 11.1 Å². The van der Waals surface area contributed by atoms with Crippen molar-refractivity contribution in [3.05, 3.63) is 48.0 Å². The maximum Gasteiger partial charge on any atom is 0.230 e. The van der Waals surface area contributed by atoms with Crippen molar-refractivity contribution in [2.75, 3.05) is 11.0 Å². The van der Waals surface area contributed by atoms with Crippen molar-refractivity contribution in [1.82, 2.24) is 4.98 Å².